The molecule has 0 amide bonds. The minimum Gasteiger partial charge on any atom is -0.420 e. The SMILES string of the molecule is CC=CON. The van der Waals surface area contributed by atoms with Crippen LogP contribution >= 0.6 is 0 Å². The lowest BCUT2D eigenvalue weighted by atomic mass is 10.7. The first-order chi connectivity index (χ1) is 2.41. The summed E-state index contributed by atoms with van der Waals surface area (Å²) in [5.74, 6) is 4.55. The van der Waals surface area contributed by atoms with Crippen molar-refractivity contribution in [3.05, 3.63) is 12.3 Å². The van der Waals surface area contributed by atoms with Crippen LogP contribution in [0.3, 0.4) is 0 Å². The van der Waals surface area contributed by atoms with Gasteiger partial charge in [-0.25, -0.2) is 0 Å². The minimum atomic E-state index is 1.40. The molecule has 0 heterocycles. The van der Waals surface area contributed by atoms with E-state index < -0.39 is 0 Å². The van der Waals surface area contributed by atoms with Crippen molar-refractivity contribution >= 4 is 0 Å². The molecule has 2 nitrogen and oxygen atoms in total. The van der Waals surface area contributed by atoms with E-state index in [9.17, 15) is 0 Å². The lowest BCUT2D eigenvalue weighted by molar-refractivity contribution is 0.260. The summed E-state index contributed by atoms with van der Waals surface area (Å²) in [6, 6.07) is 0. The van der Waals surface area contributed by atoms with Crippen molar-refractivity contribution in [1.29, 1.82) is 0 Å². The molecule has 0 aliphatic carbocycles. The van der Waals surface area contributed by atoms with E-state index in [1.165, 1.54) is 6.26 Å². The standard InChI is InChI=1S/C3H7NO/c1-2-3-5-4/h2-3H,4H2,1H3. The first kappa shape index (κ1) is 4.50. The number of rotatable bonds is 1. The van der Waals surface area contributed by atoms with E-state index in [2.05, 4.69) is 10.7 Å². The smallest absolute Gasteiger partial charge is 0.106 e. The van der Waals surface area contributed by atoms with Gasteiger partial charge in [0, 0.05) is 0 Å². The van der Waals surface area contributed by atoms with E-state index in [1.54, 1.807) is 6.08 Å². The molecule has 0 aliphatic heterocycles. The first-order valence-corrected chi connectivity index (χ1v) is 1.38. The Morgan fingerprint density at radius 2 is 2.40 bits per heavy atom. The van der Waals surface area contributed by atoms with Gasteiger partial charge >= 0.3 is 0 Å². The Balaban J connectivity index is 2.62. The van der Waals surface area contributed by atoms with E-state index in [-0.39, 0.29) is 0 Å². The zero-order valence-corrected chi connectivity index (χ0v) is 3.14. The maximum absolute atomic E-state index is 4.55. The Kier molecular flexibility index (Phi) is 3.15. The van der Waals surface area contributed by atoms with Gasteiger partial charge in [0.1, 0.15) is 6.26 Å². The zero-order valence-electron chi connectivity index (χ0n) is 3.14. The Morgan fingerprint density at radius 1 is 1.80 bits per heavy atom. The van der Waals surface area contributed by atoms with E-state index in [1.807, 2.05) is 6.92 Å². The van der Waals surface area contributed by atoms with E-state index in [4.69, 9.17) is 0 Å². The van der Waals surface area contributed by atoms with Gasteiger partial charge in [-0.15, -0.1) is 0 Å². The summed E-state index contributed by atoms with van der Waals surface area (Å²) in [5.41, 5.74) is 0. The predicted octanol–water partition coefficient (Wildman–Crippen LogP) is 0.410. The molecule has 0 rings (SSSR count). The molecule has 0 aliphatic rings. The second-order valence-corrected chi connectivity index (χ2v) is 0.605. The van der Waals surface area contributed by atoms with E-state index >= 15 is 0 Å². The van der Waals surface area contributed by atoms with Crippen LogP contribution < -0.4 is 5.90 Å². The fraction of sp³-hybridized carbons (Fsp3) is 0.333. The average Bonchev–Trinajstić information content (AvgIpc) is 1.41. The van der Waals surface area contributed by atoms with Crippen LogP contribution in [0.4, 0.5) is 0 Å². The van der Waals surface area contributed by atoms with Crippen molar-refractivity contribution < 1.29 is 4.84 Å². The lowest BCUT2D eigenvalue weighted by Crippen LogP contribution is -1.86. The van der Waals surface area contributed by atoms with Crippen LogP contribution in [0.2, 0.25) is 0 Å². The molecule has 0 unspecified atom stereocenters. The largest absolute Gasteiger partial charge is 0.420 e. The molecule has 0 aromatic carbocycles. The van der Waals surface area contributed by atoms with Gasteiger partial charge in [0.15, 0.2) is 0 Å². The summed E-state index contributed by atoms with van der Waals surface area (Å²) < 4.78 is 0. The fourth-order valence-corrected chi connectivity index (χ4v) is 0.0786. The van der Waals surface area contributed by atoms with Crippen molar-refractivity contribution in [2.75, 3.05) is 0 Å². The number of nitrogens with two attached hydrogens (primary N) is 1. The third kappa shape index (κ3) is 3.50. The van der Waals surface area contributed by atoms with Crippen LogP contribution in [0.5, 0.6) is 0 Å². The molecule has 0 atom stereocenters. The van der Waals surface area contributed by atoms with Gasteiger partial charge in [0.2, 0.25) is 0 Å². The molecule has 2 N–H and O–H groups in total. The molecule has 0 bridgehead atoms. The van der Waals surface area contributed by atoms with Crippen LogP contribution in [-0.2, 0) is 4.84 Å². The van der Waals surface area contributed by atoms with Gasteiger partial charge < -0.3 is 4.84 Å². The molecule has 2 heteroatoms. The summed E-state index contributed by atoms with van der Waals surface area (Å²) in [4.78, 5) is 4.01. The van der Waals surface area contributed by atoms with Crippen LogP contribution in [0.15, 0.2) is 12.3 Å². The molecule has 0 fully saturated rings. The van der Waals surface area contributed by atoms with Gasteiger partial charge in [-0.05, 0) is 6.92 Å². The Labute approximate surface area is 31.2 Å². The van der Waals surface area contributed by atoms with Crippen LogP contribution in [-0.4, -0.2) is 0 Å². The van der Waals surface area contributed by atoms with E-state index in [0.29, 0.717) is 0 Å². The van der Waals surface area contributed by atoms with Crippen molar-refractivity contribution in [3.8, 4) is 0 Å². The molecular weight excluding hydrogens is 66.0 g/mol. The summed E-state index contributed by atoms with van der Waals surface area (Å²) >= 11 is 0. The van der Waals surface area contributed by atoms with Gasteiger partial charge in [0.05, 0.1) is 0 Å². The summed E-state index contributed by atoms with van der Waals surface area (Å²) in [5, 5.41) is 0. The Morgan fingerprint density at radius 3 is 2.40 bits per heavy atom. The average molecular weight is 73.1 g/mol. The predicted molar refractivity (Wildman–Crippen MR) is 20.1 cm³/mol. The molecule has 0 aromatic rings. The van der Waals surface area contributed by atoms with Crippen molar-refractivity contribution in [2.45, 2.75) is 6.92 Å². The fourth-order valence-electron chi connectivity index (χ4n) is 0.0786. The topological polar surface area (TPSA) is 35.2 Å². The number of hydrogen-bond donors (Lipinski definition) is 1. The molecule has 5 heavy (non-hydrogen) atoms. The maximum Gasteiger partial charge on any atom is 0.106 e. The third-order valence-corrected chi connectivity index (χ3v) is 0.215. The highest BCUT2D eigenvalue weighted by Gasteiger charge is 1.47. The number of hydrogen-bond acceptors (Lipinski definition) is 2. The first-order valence-electron chi connectivity index (χ1n) is 1.38. The molecule has 0 saturated heterocycles. The summed E-state index contributed by atoms with van der Waals surface area (Å²) in [6.45, 7) is 1.83. The second-order valence-electron chi connectivity index (χ2n) is 0.605. The molecule has 0 spiro atoms. The second kappa shape index (κ2) is 3.50. The molecule has 0 aromatic heterocycles. The van der Waals surface area contributed by atoms with Gasteiger partial charge in [-0.3, -0.25) is 0 Å². The third-order valence-electron chi connectivity index (χ3n) is 0.215. The van der Waals surface area contributed by atoms with E-state index in [0.717, 1.165) is 0 Å². The summed E-state index contributed by atoms with van der Waals surface area (Å²) in [7, 11) is 0. The van der Waals surface area contributed by atoms with Gasteiger partial charge in [-0.2, -0.15) is 5.90 Å². The number of allylic oxidation sites excluding steroid dienone is 1. The normalized spacial score (nSPS) is 9.20. The van der Waals surface area contributed by atoms with Gasteiger partial charge in [-0.1, -0.05) is 6.08 Å². The van der Waals surface area contributed by atoms with Crippen molar-refractivity contribution in [1.82, 2.24) is 0 Å². The highest BCUT2D eigenvalue weighted by Crippen LogP contribution is 1.60. The quantitative estimate of drug-likeness (QED) is 0.360. The minimum absolute atomic E-state index is 1.40. The Hall–Kier alpha value is -0.500. The molecular formula is C3H7NO. The monoisotopic (exact) mass is 73.1 g/mol. The van der Waals surface area contributed by atoms with Crippen LogP contribution in [0, 0.1) is 0 Å². The highest BCUT2D eigenvalue weighted by atomic mass is 16.6. The highest BCUT2D eigenvalue weighted by molar-refractivity contribution is 4.62. The van der Waals surface area contributed by atoms with Crippen LogP contribution in [0.25, 0.3) is 0 Å². The van der Waals surface area contributed by atoms with Crippen molar-refractivity contribution in [2.24, 2.45) is 5.90 Å². The van der Waals surface area contributed by atoms with Gasteiger partial charge in [0.25, 0.3) is 0 Å². The Bertz CT molecular complexity index is 33.9. The zero-order chi connectivity index (χ0) is 4.12. The maximum atomic E-state index is 4.55. The molecule has 0 radical (unpaired) electrons. The molecule has 30 valence electrons. The van der Waals surface area contributed by atoms with Crippen molar-refractivity contribution in [3.63, 3.8) is 0 Å². The lowest BCUT2D eigenvalue weighted by Gasteiger charge is -1.76. The van der Waals surface area contributed by atoms with Crippen LogP contribution in [0.1, 0.15) is 6.92 Å². The summed E-state index contributed by atoms with van der Waals surface area (Å²) in [6.07, 6.45) is 3.11. The molecule has 0 saturated carbocycles.